The van der Waals surface area contributed by atoms with Gasteiger partial charge in [0.05, 0.1) is 12.1 Å². The van der Waals surface area contributed by atoms with E-state index in [0.29, 0.717) is 6.61 Å². The maximum Gasteiger partial charge on any atom is 0.231 e. The summed E-state index contributed by atoms with van der Waals surface area (Å²) >= 11 is 0. The van der Waals surface area contributed by atoms with E-state index in [4.69, 9.17) is 14.2 Å². The molecule has 0 amide bonds. The van der Waals surface area contributed by atoms with E-state index >= 15 is 0 Å². The molecule has 0 saturated heterocycles. The number of aromatic nitrogens is 3. The first-order chi connectivity index (χ1) is 12.8. The van der Waals surface area contributed by atoms with Gasteiger partial charge in [0.2, 0.25) is 6.79 Å². The Morgan fingerprint density at radius 1 is 1.08 bits per heavy atom. The maximum absolute atomic E-state index is 5.98. The molecule has 2 aromatic carbocycles. The van der Waals surface area contributed by atoms with Crippen LogP contribution in [-0.2, 0) is 0 Å². The van der Waals surface area contributed by atoms with Gasteiger partial charge in [-0.05, 0) is 30.2 Å². The maximum atomic E-state index is 5.98. The van der Waals surface area contributed by atoms with Gasteiger partial charge >= 0.3 is 0 Å². The average molecular weight is 347 g/mol. The fourth-order valence-electron chi connectivity index (χ4n) is 3.33. The molecule has 0 aliphatic carbocycles. The van der Waals surface area contributed by atoms with E-state index in [9.17, 15) is 0 Å². The minimum atomic E-state index is 0.239. The van der Waals surface area contributed by atoms with Crippen molar-refractivity contribution in [2.75, 3.05) is 13.4 Å². The van der Waals surface area contributed by atoms with Crippen LogP contribution in [0.5, 0.6) is 17.2 Å². The summed E-state index contributed by atoms with van der Waals surface area (Å²) in [6.45, 7) is 3.01. The molecule has 6 nitrogen and oxygen atoms in total. The molecular formula is C20H17N3O3. The predicted octanol–water partition coefficient (Wildman–Crippen LogP) is 4.07. The van der Waals surface area contributed by atoms with Crippen molar-refractivity contribution < 1.29 is 14.2 Å². The first-order valence-corrected chi connectivity index (χ1v) is 8.63. The van der Waals surface area contributed by atoms with Gasteiger partial charge in [-0.2, -0.15) is 0 Å². The van der Waals surface area contributed by atoms with Crippen LogP contribution >= 0.6 is 0 Å². The molecule has 3 heterocycles. The van der Waals surface area contributed by atoms with Crippen molar-refractivity contribution in [3.8, 4) is 28.4 Å². The number of pyridine rings is 1. The second-order valence-corrected chi connectivity index (χ2v) is 6.18. The van der Waals surface area contributed by atoms with Crippen molar-refractivity contribution in [3.05, 3.63) is 48.8 Å². The summed E-state index contributed by atoms with van der Waals surface area (Å²) in [5.41, 5.74) is 3.80. The Morgan fingerprint density at radius 3 is 2.81 bits per heavy atom. The fraction of sp³-hybridized carbons (Fsp3) is 0.200. The molecule has 26 heavy (non-hydrogen) atoms. The molecule has 0 saturated carbocycles. The summed E-state index contributed by atoms with van der Waals surface area (Å²) in [6, 6.07) is 14.1. The zero-order chi connectivity index (χ0) is 17.5. The van der Waals surface area contributed by atoms with Crippen molar-refractivity contribution in [2.45, 2.75) is 13.3 Å². The number of benzene rings is 2. The molecule has 1 aliphatic heterocycles. The molecule has 4 aromatic rings. The normalized spacial score (nSPS) is 12.8. The van der Waals surface area contributed by atoms with E-state index in [2.05, 4.69) is 23.2 Å². The van der Waals surface area contributed by atoms with Gasteiger partial charge in [0.1, 0.15) is 12.1 Å². The van der Waals surface area contributed by atoms with Crippen LogP contribution in [0, 0.1) is 0 Å². The molecule has 0 spiro atoms. The minimum Gasteiger partial charge on any atom is -0.493 e. The number of hydrogen-bond acceptors (Lipinski definition) is 5. The summed E-state index contributed by atoms with van der Waals surface area (Å²) in [6.07, 6.45) is 2.67. The first-order valence-electron chi connectivity index (χ1n) is 8.63. The van der Waals surface area contributed by atoms with Gasteiger partial charge in [-0.3, -0.25) is 4.40 Å². The smallest absolute Gasteiger partial charge is 0.231 e. The van der Waals surface area contributed by atoms with Gasteiger partial charge in [0, 0.05) is 17.0 Å². The molecule has 0 bridgehead atoms. The Labute approximate surface area is 149 Å². The number of hydrogen-bond donors (Lipinski definition) is 0. The van der Waals surface area contributed by atoms with Gasteiger partial charge in [-0.25, -0.2) is 0 Å². The molecule has 2 aromatic heterocycles. The van der Waals surface area contributed by atoms with Crippen LogP contribution in [0.2, 0.25) is 0 Å². The molecule has 130 valence electrons. The largest absolute Gasteiger partial charge is 0.493 e. The molecule has 0 atom stereocenters. The summed E-state index contributed by atoms with van der Waals surface area (Å²) in [7, 11) is 0. The van der Waals surface area contributed by atoms with Crippen molar-refractivity contribution in [2.24, 2.45) is 0 Å². The van der Waals surface area contributed by atoms with Gasteiger partial charge in [0.15, 0.2) is 17.1 Å². The third kappa shape index (κ3) is 2.26. The third-order valence-corrected chi connectivity index (χ3v) is 4.53. The lowest BCUT2D eigenvalue weighted by Gasteiger charge is -2.14. The molecule has 0 N–H and O–H groups in total. The Balaban J connectivity index is 1.82. The highest BCUT2D eigenvalue weighted by Gasteiger charge is 2.19. The van der Waals surface area contributed by atoms with Crippen LogP contribution < -0.4 is 14.2 Å². The molecule has 0 radical (unpaired) electrons. The van der Waals surface area contributed by atoms with E-state index in [1.165, 1.54) is 0 Å². The first kappa shape index (κ1) is 15.0. The monoisotopic (exact) mass is 347 g/mol. The van der Waals surface area contributed by atoms with Crippen molar-refractivity contribution in [3.63, 3.8) is 0 Å². The number of ether oxygens (including phenoxy) is 3. The highest BCUT2D eigenvalue weighted by molar-refractivity contribution is 6.00. The van der Waals surface area contributed by atoms with Crippen molar-refractivity contribution >= 4 is 16.6 Å². The summed E-state index contributed by atoms with van der Waals surface area (Å²) < 4.78 is 19.1. The van der Waals surface area contributed by atoms with E-state index in [1.807, 2.05) is 40.8 Å². The van der Waals surface area contributed by atoms with Gasteiger partial charge in [-0.15, -0.1) is 10.2 Å². The molecule has 0 unspecified atom stereocenters. The Hall–Kier alpha value is -3.28. The highest BCUT2D eigenvalue weighted by atomic mass is 16.7. The van der Waals surface area contributed by atoms with Crippen molar-refractivity contribution in [1.82, 2.24) is 14.6 Å². The zero-order valence-electron chi connectivity index (χ0n) is 14.3. The second-order valence-electron chi connectivity index (χ2n) is 6.18. The van der Waals surface area contributed by atoms with Gasteiger partial charge < -0.3 is 14.2 Å². The third-order valence-electron chi connectivity index (χ3n) is 4.53. The fourth-order valence-corrected chi connectivity index (χ4v) is 3.33. The Bertz CT molecular complexity index is 1120. The van der Waals surface area contributed by atoms with E-state index < -0.39 is 0 Å². The molecular weight excluding hydrogens is 330 g/mol. The molecule has 1 aliphatic rings. The number of fused-ring (bicyclic) bond motifs is 4. The minimum absolute atomic E-state index is 0.239. The Morgan fingerprint density at radius 2 is 1.92 bits per heavy atom. The zero-order valence-corrected chi connectivity index (χ0v) is 14.3. The molecule has 0 fully saturated rings. The van der Waals surface area contributed by atoms with Gasteiger partial charge in [-0.1, -0.05) is 25.1 Å². The van der Waals surface area contributed by atoms with Crippen LogP contribution in [-0.4, -0.2) is 28.0 Å². The lowest BCUT2D eigenvalue weighted by atomic mass is 9.99. The van der Waals surface area contributed by atoms with Crippen molar-refractivity contribution in [1.29, 1.82) is 0 Å². The second kappa shape index (κ2) is 5.91. The summed E-state index contributed by atoms with van der Waals surface area (Å²) in [5.74, 6) is 2.34. The lowest BCUT2D eigenvalue weighted by Crippen LogP contribution is -1.98. The van der Waals surface area contributed by atoms with Crippen LogP contribution in [0.4, 0.5) is 0 Å². The number of para-hydroxylation sites is 1. The van der Waals surface area contributed by atoms with Crippen LogP contribution in [0.1, 0.15) is 13.3 Å². The summed E-state index contributed by atoms with van der Waals surface area (Å²) in [4.78, 5) is 0. The predicted molar refractivity (Wildman–Crippen MR) is 97.8 cm³/mol. The van der Waals surface area contributed by atoms with E-state index in [0.717, 1.165) is 51.3 Å². The van der Waals surface area contributed by atoms with Crippen LogP contribution in [0.15, 0.2) is 48.8 Å². The quantitative estimate of drug-likeness (QED) is 0.557. The standard InChI is InChI=1S/C20H17N3O3/c1-2-7-24-17-6-4-3-5-13(17)14-9-20-22-21-11-23(20)16-10-19-18(8-15(14)16)25-12-26-19/h3-6,8-11H,2,7,12H2,1H3. The highest BCUT2D eigenvalue weighted by Crippen LogP contribution is 2.42. The summed E-state index contributed by atoms with van der Waals surface area (Å²) in [5, 5.41) is 9.34. The average Bonchev–Trinajstić information content (AvgIpc) is 3.33. The number of nitrogens with zero attached hydrogens (tertiary/aromatic N) is 3. The lowest BCUT2D eigenvalue weighted by molar-refractivity contribution is 0.174. The van der Waals surface area contributed by atoms with Gasteiger partial charge in [0.25, 0.3) is 0 Å². The van der Waals surface area contributed by atoms with E-state index in [-0.39, 0.29) is 6.79 Å². The van der Waals surface area contributed by atoms with Crippen LogP contribution in [0.25, 0.3) is 27.7 Å². The number of rotatable bonds is 4. The molecule has 5 rings (SSSR count). The van der Waals surface area contributed by atoms with Crippen LogP contribution in [0.3, 0.4) is 0 Å². The van der Waals surface area contributed by atoms with E-state index in [1.54, 1.807) is 6.33 Å². The SMILES string of the molecule is CCCOc1ccccc1-c1cc2nncn2c2cc3c(cc12)OCO3. The molecule has 6 heteroatoms. The Kier molecular flexibility index (Phi) is 3.41. The topological polar surface area (TPSA) is 57.9 Å².